The Balaban J connectivity index is 2.77. The van der Waals surface area contributed by atoms with Gasteiger partial charge in [-0.15, -0.1) is 0 Å². The lowest BCUT2D eigenvalue weighted by Crippen LogP contribution is -1.93. The van der Waals surface area contributed by atoms with Crippen LogP contribution in [0.25, 0.3) is 0 Å². The van der Waals surface area contributed by atoms with Gasteiger partial charge in [0.2, 0.25) is 0 Å². The Hall–Kier alpha value is -1.08. The summed E-state index contributed by atoms with van der Waals surface area (Å²) >= 11 is 1.12. The van der Waals surface area contributed by atoms with Crippen LogP contribution < -0.4 is 0 Å². The lowest BCUT2D eigenvalue weighted by molar-refractivity contribution is 0.588. The third-order valence-corrected chi connectivity index (χ3v) is 2.18. The van der Waals surface area contributed by atoms with Gasteiger partial charge in [-0.3, -0.25) is 0 Å². The summed E-state index contributed by atoms with van der Waals surface area (Å²) in [6.45, 7) is 1.71. The first-order valence-corrected chi connectivity index (χ1v) is 4.29. The summed E-state index contributed by atoms with van der Waals surface area (Å²) in [6, 6.07) is 4.85. The summed E-state index contributed by atoms with van der Waals surface area (Å²) in [5.41, 5.74) is 0. The molecule has 0 amide bonds. The summed E-state index contributed by atoms with van der Waals surface area (Å²) in [7, 11) is 0. The Kier molecular flexibility index (Phi) is 3.06. The molecule has 0 fully saturated rings. The first kappa shape index (κ1) is 9.01. The third-order valence-electron chi connectivity index (χ3n) is 1.19. The fourth-order valence-electron chi connectivity index (χ4n) is 0.652. The number of halogens is 1. The highest BCUT2D eigenvalue weighted by Crippen LogP contribution is 2.22. The average Bonchev–Trinajstić information content (AvgIpc) is 2.09. The van der Waals surface area contributed by atoms with Crippen molar-refractivity contribution < 1.29 is 4.39 Å². The molecule has 2 nitrogen and oxygen atoms in total. The molecular weight excluding hydrogens is 175 g/mol. The molecule has 0 unspecified atom stereocenters. The van der Waals surface area contributed by atoms with Crippen molar-refractivity contribution in [1.29, 1.82) is 5.26 Å². The van der Waals surface area contributed by atoms with Gasteiger partial charge < -0.3 is 0 Å². The van der Waals surface area contributed by atoms with Crippen molar-refractivity contribution in [3.8, 4) is 6.07 Å². The van der Waals surface area contributed by atoms with Crippen molar-refractivity contribution in [2.24, 2.45) is 0 Å². The molecule has 0 aromatic carbocycles. The summed E-state index contributed by atoms with van der Waals surface area (Å²) in [5.74, 6) is -0.371. The van der Waals surface area contributed by atoms with E-state index in [0.717, 1.165) is 11.8 Å². The van der Waals surface area contributed by atoms with E-state index in [4.69, 9.17) is 5.26 Å². The maximum absolute atomic E-state index is 12.9. The summed E-state index contributed by atoms with van der Waals surface area (Å²) in [5, 5.41) is 8.48. The maximum Gasteiger partial charge on any atom is 0.155 e. The number of nitriles is 1. The minimum atomic E-state index is -0.371. The second-order valence-electron chi connectivity index (χ2n) is 2.18. The molecule has 0 N–H and O–H groups in total. The summed E-state index contributed by atoms with van der Waals surface area (Å²) in [4.78, 5) is 3.80. The molecule has 0 radical (unpaired) electrons. The van der Waals surface area contributed by atoms with E-state index >= 15 is 0 Å². The Labute approximate surface area is 74.4 Å². The van der Waals surface area contributed by atoms with E-state index in [1.54, 1.807) is 6.92 Å². The van der Waals surface area contributed by atoms with Gasteiger partial charge in [-0.2, -0.15) is 5.26 Å². The molecule has 0 saturated carbocycles. The smallest absolute Gasteiger partial charge is 0.155 e. The highest BCUT2D eigenvalue weighted by molar-refractivity contribution is 8.00. The Morgan fingerprint density at radius 2 is 2.50 bits per heavy atom. The van der Waals surface area contributed by atoms with Crippen LogP contribution in [0.2, 0.25) is 0 Å². The van der Waals surface area contributed by atoms with E-state index in [0.29, 0.717) is 0 Å². The summed E-state index contributed by atoms with van der Waals surface area (Å²) in [6.07, 6.45) is 1.51. The monoisotopic (exact) mass is 182 g/mol. The normalized spacial score (nSPS) is 12.1. The quantitative estimate of drug-likeness (QED) is 0.658. The van der Waals surface area contributed by atoms with Gasteiger partial charge in [0.25, 0.3) is 0 Å². The molecule has 62 valence electrons. The molecule has 1 aromatic rings. The van der Waals surface area contributed by atoms with Gasteiger partial charge in [0.15, 0.2) is 5.82 Å². The molecular formula is C8H7FN2S. The predicted octanol–water partition coefficient (Wildman–Crippen LogP) is 2.22. The van der Waals surface area contributed by atoms with Gasteiger partial charge >= 0.3 is 0 Å². The van der Waals surface area contributed by atoms with E-state index < -0.39 is 0 Å². The van der Waals surface area contributed by atoms with Crippen LogP contribution in [0, 0.1) is 17.1 Å². The number of pyridine rings is 1. The molecule has 1 aromatic heterocycles. The van der Waals surface area contributed by atoms with Gasteiger partial charge in [-0.25, -0.2) is 9.37 Å². The number of hydrogen-bond donors (Lipinski definition) is 0. The Bertz CT molecular complexity index is 308. The van der Waals surface area contributed by atoms with Crippen molar-refractivity contribution >= 4 is 11.8 Å². The Morgan fingerprint density at radius 3 is 3.08 bits per heavy atom. The first-order chi connectivity index (χ1) is 5.74. The maximum atomic E-state index is 12.9. The van der Waals surface area contributed by atoms with Crippen LogP contribution in [0.3, 0.4) is 0 Å². The molecule has 0 bridgehead atoms. The largest absolute Gasteiger partial charge is 0.247 e. The van der Waals surface area contributed by atoms with Gasteiger partial charge in [-0.1, -0.05) is 11.8 Å². The summed E-state index contributed by atoms with van der Waals surface area (Å²) < 4.78 is 12.9. The average molecular weight is 182 g/mol. The molecule has 12 heavy (non-hydrogen) atoms. The molecule has 0 spiro atoms. The lowest BCUT2D eigenvalue weighted by atomic mass is 10.5. The molecule has 0 saturated heterocycles. The topological polar surface area (TPSA) is 36.7 Å². The van der Waals surface area contributed by atoms with Crippen molar-refractivity contribution in [2.75, 3.05) is 0 Å². The van der Waals surface area contributed by atoms with Gasteiger partial charge in [0.1, 0.15) is 5.03 Å². The molecule has 1 heterocycles. The predicted molar refractivity (Wildman–Crippen MR) is 45.1 cm³/mol. The van der Waals surface area contributed by atoms with Crippen LogP contribution in [0.5, 0.6) is 0 Å². The van der Waals surface area contributed by atoms with E-state index in [9.17, 15) is 4.39 Å². The number of aromatic nitrogens is 1. The number of nitrogens with zero attached hydrogens (tertiary/aromatic N) is 2. The van der Waals surface area contributed by atoms with Crippen molar-refractivity contribution in [2.45, 2.75) is 17.2 Å². The molecule has 4 heteroatoms. The number of rotatable bonds is 2. The van der Waals surface area contributed by atoms with E-state index in [1.807, 2.05) is 6.07 Å². The van der Waals surface area contributed by atoms with E-state index in [-0.39, 0.29) is 16.1 Å². The first-order valence-electron chi connectivity index (χ1n) is 3.41. The van der Waals surface area contributed by atoms with Crippen LogP contribution in [0.15, 0.2) is 23.4 Å². The van der Waals surface area contributed by atoms with Gasteiger partial charge in [-0.05, 0) is 19.1 Å². The molecule has 1 atom stereocenters. The van der Waals surface area contributed by atoms with Gasteiger partial charge in [0.05, 0.1) is 11.3 Å². The number of thioether (sulfide) groups is 1. The number of hydrogen-bond acceptors (Lipinski definition) is 3. The van der Waals surface area contributed by atoms with E-state index in [2.05, 4.69) is 4.98 Å². The zero-order valence-electron chi connectivity index (χ0n) is 6.49. The highest BCUT2D eigenvalue weighted by atomic mass is 32.2. The second-order valence-corrected chi connectivity index (χ2v) is 3.51. The SMILES string of the molecule is C[C@@H](C#N)Sc1ncccc1F. The molecule has 1 rings (SSSR count). The second kappa shape index (κ2) is 4.07. The fraction of sp³-hybridized carbons (Fsp3) is 0.250. The van der Waals surface area contributed by atoms with Crippen molar-refractivity contribution in [3.63, 3.8) is 0 Å². The Morgan fingerprint density at radius 1 is 1.75 bits per heavy atom. The standard InChI is InChI=1S/C8H7FN2S/c1-6(5-10)12-8-7(9)3-2-4-11-8/h2-4,6H,1H3/t6-/m0/s1. The molecule has 0 aliphatic carbocycles. The zero-order chi connectivity index (χ0) is 8.97. The fourth-order valence-corrected chi connectivity index (χ4v) is 1.34. The van der Waals surface area contributed by atoms with Crippen LogP contribution >= 0.6 is 11.8 Å². The van der Waals surface area contributed by atoms with Crippen LogP contribution in [-0.4, -0.2) is 10.2 Å². The third kappa shape index (κ3) is 2.21. The minimum Gasteiger partial charge on any atom is -0.247 e. The highest BCUT2D eigenvalue weighted by Gasteiger charge is 2.07. The van der Waals surface area contributed by atoms with Crippen molar-refractivity contribution in [3.05, 3.63) is 24.1 Å². The molecule has 0 aliphatic rings. The van der Waals surface area contributed by atoms with Gasteiger partial charge in [0, 0.05) is 6.20 Å². The van der Waals surface area contributed by atoms with Crippen LogP contribution in [-0.2, 0) is 0 Å². The van der Waals surface area contributed by atoms with Crippen molar-refractivity contribution in [1.82, 2.24) is 4.98 Å². The van der Waals surface area contributed by atoms with Crippen LogP contribution in [0.4, 0.5) is 4.39 Å². The molecule has 0 aliphatic heterocycles. The lowest BCUT2D eigenvalue weighted by Gasteiger charge is -2.01. The minimum absolute atomic E-state index is 0.269. The zero-order valence-corrected chi connectivity index (χ0v) is 7.31. The van der Waals surface area contributed by atoms with Crippen LogP contribution in [0.1, 0.15) is 6.92 Å². The van der Waals surface area contributed by atoms with E-state index in [1.165, 1.54) is 18.3 Å².